The second-order valence-electron chi connectivity index (χ2n) is 18.9. The molecular formula is C47H84N7O13-. The minimum atomic E-state index is -0.821. The number of pyridine rings is 1. The van der Waals surface area contributed by atoms with E-state index >= 15 is 0 Å². The van der Waals surface area contributed by atoms with E-state index in [1.165, 1.54) is 15.9 Å². The monoisotopic (exact) mass is 955 g/mol. The summed E-state index contributed by atoms with van der Waals surface area (Å²) >= 11 is 0. The molecule has 20 heteroatoms. The summed E-state index contributed by atoms with van der Waals surface area (Å²) < 4.78 is 26.2. The number of piperidine rings is 2. The van der Waals surface area contributed by atoms with Crippen molar-refractivity contribution in [1.82, 2.24) is 35.6 Å². The van der Waals surface area contributed by atoms with E-state index in [9.17, 15) is 39.3 Å². The highest BCUT2D eigenvalue weighted by Gasteiger charge is 2.32. The Bertz CT molecular complexity index is 1600. The highest BCUT2D eigenvalue weighted by atomic mass is 16.6. The number of amides is 5. The van der Waals surface area contributed by atoms with Gasteiger partial charge in [-0.3, -0.25) is 24.2 Å². The SMILES string of the molecule is CC(C)OCC(=O)N1C[C@H](O)[C@@H](O)C1.CC(C)OCC(=O)NC1CCN(C(=O)OC(C)(C)C)CC1.CC(C)OCC(=O)NC1CCNCC1.Cc1ccc([O-])c(CN(C)C(=O)COC(C)C)n1. The Labute approximate surface area is 399 Å². The zero-order valence-corrected chi connectivity index (χ0v) is 42.6. The Morgan fingerprint density at radius 3 is 1.66 bits per heavy atom. The lowest BCUT2D eigenvalue weighted by Crippen LogP contribution is -2.48. The number of carbonyl (C=O) groups is 5. The molecule has 1 aromatic rings. The normalized spacial score (nSPS) is 17.8. The molecule has 0 aliphatic carbocycles. The van der Waals surface area contributed by atoms with Crippen molar-refractivity contribution >= 4 is 29.7 Å². The number of hydrogen-bond acceptors (Lipinski definition) is 15. The summed E-state index contributed by atoms with van der Waals surface area (Å²) in [6.45, 7) is 26.5. The minimum absolute atomic E-state index is 0.00519. The molecule has 0 spiro atoms. The van der Waals surface area contributed by atoms with E-state index in [1.54, 1.807) is 18.0 Å². The first-order valence-corrected chi connectivity index (χ1v) is 23.5. The summed E-state index contributed by atoms with van der Waals surface area (Å²) in [5.41, 5.74) is 0.676. The zero-order valence-electron chi connectivity index (χ0n) is 42.6. The molecule has 0 saturated carbocycles. The number of aliphatic hydroxyl groups is 2. The molecule has 5 amide bonds. The number of β-amino-alcohol motifs (C(OH)–C–C–N with tert-alkyl or cyclic N) is 2. The van der Waals surface area contributed by atoms with E-state index in [0.717, 1.165) is 44.5 Å². The lowest BCUT2D eigenvalue weighted by molar-refractivity contribution is -0.270. The first kappa shape index (κ1) is 60.8. The molecule has 3 aliphatic heterocycles. The van der Waals surface area contributed by atoms with Crippen LogP contribution in [-0.2, 0) is 49.4 Å². The summed E-state index contributed by atoms with van der Waals surface area (Å²) in [6, 6.07) is 3.57. The summed E-state index contributed by atoms with van der Waals surface area (Å²) in [4.78, 5) is 66.8. The van der Waals surface area contributed by atoms with Gasteiger partial charge in [0.25, 0.3) is 0 Å². The van der Waals surface area contributed by atoms with Crippen molar-refractivity contribution in [2.24, 2.45) is 0 Å². The van der Waals surface area contributed by atoms with Crippen LogP contribution in [0.1, 0.15) is 113 Å². The number of likely N-dealkylation sites (N-methyl/N-ethyl adjacent to an activating group) is 1. The second-order valence-corrected chi connectivity index (χ2v) is 18.9. The molecule has 4 rings (SSSR count). The Balaban J connectivity index is 0.000000453. The van der Waals surface area contributed by atoms with Gasteiger partial charge in [-0.05, 0) is 128 Å². The van der Waals surface area contributed by atoms with Gasteiger partial charge >= 0.3 is 6.09 Å². The minimum Gasteiger partial charge on any atom is -0.871 e. The third kappa shape index (κ3) is 28.7. The number of aromatic nitrogens is 1. The van der Waals surface area contributed by atoms with Gasteiger partial charge in [0.05, 0.1) is 48.9 Å². The molecule has 386 valence electrons. The Hall–Kier alpha value is -4.18. The predicted octanol–water partition coefficient (Wildman–Crippen LogP) is 2.03. The van der Waals surface area contributed by atoms with Gasteiger partial charge in [0.2, 0.25) is 23.6 Å². The van der Waals surface area contributed by atoms with E-state index in [4.69, 9.17) is 23.7 Å². The number of rotatable bonds is 16. The summed E-state index contributed by atoms with van der Waals surface area (Å²) in [7, 11) is 1.63. The molecule has 1 aromatic heterocycles. The fraction of sp³-hybridized carbons (Fsp3) is 0.787. The number of nitrogens with one attached hydrogen (secondary N) is 3. The topological polar surface area (TPSA) is 254 Å². The zero-order chi connectivity index (χ0) is 50.9. The first-order valence-electron chi connectivity index (χ1n) is 23.5. The molecule has 20 nitrogen and oxygen atoms in total. The molecule has 0 aromatic carbocycles. The van der Waals surface area contributed by atoms with Crippen molar-refractivity contribution in [3.63, 3.8) is 0 Å². The highest BCUT2D eigenvalue weighted by molar-refractivity contribution is 5.79. The van der Waals surface area contributed by atoms with Crippen molar-refractivity contribution in [3.05, 3.63) is 23.5 Å². The molecule has 2 atom stereocenters. The van der Waals surface area contributed by atoms with E-state index in [-0.39, 0.29) is 112 Å². The first-order chi connectivity index (χ1) is 31.3. The summed E-state index contributed by atoms with van der Waals surface area (Å²) in [6.07, 6.45) is 1.79. The van der Waals surface area contributed by atoms with Crippen LogP contribution in [0.15, 0.2) is 12.1 Å². The molecule has 3 aliphatic rings. The van der Waals surface area contributed by atoms with Crippen molar-refractivity contribution in [2.45, 2.75) is 170 Å². The lowest BCUT2D eigenvalue weighted by Gasteiger charge is -2.33. The number of hydrogen-bond donors (Lipinski definition) is 5. The molecular weight excluding hydrogens is 871 g/mol. The predicted molar refractivity (Wildman–Crippen MR) is 251 cm³/mol. The number of carbonyl (C=O) groups excluding carboxylic acids is 5. The molecule has 5 N–H and O–H groups in total. The number of ether oxygens (including phenoxy) is 5. The molecule has 0 radical (unpaired) electrons. The smallest absolute Gasteiger partial charge is 0.410 e. The third-order valence-corrected chi connectivity index (χ3v) is 9.89. The average Bonchev–Trinajstić information content (AvgIpc) is 3.59. The maximum Gasteiger partial charge on any atom is 0.410 e. The van der Waals surface area contributed by atoms with E-state index in [2.05, 4.69) is 20.9 Å². The number of aliphatic hydroxyl groups excluding tert-OH is 2. The molecule has 3 saturated heterocycles. The van der Waals surface area contributed by atoms with Crippen LogP contribution in [0.5, 0.6) is 5.75 Å². The molecule has 3 fully saturated rings. The van der Waals surface area contributed by atoms with Crippen LogP contribution in [0, 0.1) is 6.92 Å². The van der Waals surface area contributed by atoms with Crippen LogP contribution in [0.2, 0.25) is 0 Å². The van der Waals surface area contributed by atoms with E-state index in [0.29, 0.717) is 24.8 Å². The van der Waals surface area contributed by atoms with Crippen molar-refractivity contribution < 1.29 is 63.0 Å². The fourth-order valence-corrected chi connectivity index (χ4v) is 6.20. The van der Waals surface area contributed by atoms with Gasteiger partial charge in [-0.25, -0.2) is 4.79 Å². The third-order valence-electron chi connectivity index (χ3n) is 9.89. The lowest BCUT2D eigenvalue weighted by atomic mass is 10.1. The molecule has 0 bridgehead atoms. The van der Waals surface area contributed by atoms with Gasteiger partial charge in [-0.1, -0.05) is 11.8 Å². The van der Waals surface area contributed by atoms with Crippen LogP contribution >= 0.6 is 0 Å². The van der Waals surface area contributed by atoms with Crippen molar-refractivity contribution in [1.29, 1.82) is 0 Å². The van der Waals surface area contributed by atoms with Crippen LogP contribution < -0.4 is 21.1 Å². The fourth-order valence-electron chi connectivity index (χ4n) is 6.20. The summed E-state index contributed by atoms with van der Waals surface area (Å²) in [5, 5.41) is 39.1. The van der Waals surface area contributed by atoms with E-state index < -0.39 is 17.8 Å². The maximum atomic E-state index is 11.9. The van der Waals surface area contributed by atoms with Gasteiger partial charge in [-0.2, -0.15) is 0 Å². The van der Waals surface area contributed by atoms with Crippen LogP contribution in [-0.4, -0.2) is 187 Å². The Morgan fingerprint density at radius 1 is 0.746 bits per heavy atom. The number of likely N-dealkylation sites (tertiary alicyclic amines) is 2. The maximum absolute atomic E-state index is 11.9. The van der Waals surface area contributed by atoms with Crippen molar-refractivity contribution in [2.75, 3.05) is 72.7 Å². The summed E-state index contributed by atoms with van der Waals surface area (Å²) in [5.74, 6) is -0.587. The van der Waals surface area contributed by atoms with E-state index in [1.807, 2.05) is 83.1 Å². The van der Waals surface area contributed by atoms with Crippen LogP contribution in [0.3, 0.4) is 0 Å². The van der Waals surface area contributed by atoms with Crippen molar-refractivity contribution in [3.8, 4) is 5.75 Å². The van der Waals surface area contributed by atoms with Gasteiger partial charge in [-0.15, -0.1) is 0 Å². The second kappa shape index (κ2) is 31.8. The average molecular weight is 955 g/mol. The van der Waals surface area contributed by atoms with Gasteiger partial charge in [0.1, 0.15) is 32.0 Å². The van der Waals surface area contributed by atoms with Gasteiger partial charge in [0.15, 0.2) is 0 Å². The Kier molecular flexibility index (Phi) is 28.9. The van der Waals surface area contributed by atoms with Gasteiger partial charge < -0.3 is 69.7 Å². The largest absolute Gasteiger partial charge is 0.871 e. The van der Waals surface area contributed by atoms with Crippen LogP contribution in [0.4, 0.5) is 4.79 Å². The van der Waals surface area contributed by atoms with Gasteiger partial charge in [0, 0.05) is 51.0 Å². The molecule has 4 heterocycles. The molecule has 67 heavy (non-hydrogen) atoms. The standard InChI is InChI=1S/C15H28N2O4.C13H20N2O3.C10H20N2O2.C9H17NO4/c1-11(2)20-10-13(18)16-12-6-8-17(9-7-12)14(19)21-15(3,4)5;1-9(2)18-8-13(17)15(4)7-11-12(16)6-5-10(3)14-11;1-8(2)14-7-10(13)12-9-3-5-11-6-4-9;1-6(2)14-5-9(13)10-3-7(11)8(12)4-10/h11-12H,6-10H2,1-5H3,(H,16,18);5-6,9,16H,7-8H2,1-4H3;8-9,11H,3-7H2,1-2H3,(H,12,13);6-8,11-12H,3-5H2,1-2H3/p-1/t;;;7-,8-/m...0/s1. The van der Waals surface area contributed by atoms with Crippen LogP contribution in [0.25, 0.3) is 0 Å². The number of nitrogens with zero attached hydrogens (tertiary/aromatic N) is 4. The number of aryl methyl sites for hydroxylation is 1. The quantitative estimate of drug-likeness (QED) is 0.159. The highest BCUT2D eigenvalue weighted by Crippen LogP contribution is 2.16. The molecule has 0 unspecified atom stereocenters. The Morgan fingerprint density at radius 2 is 1.19 bits per heavy atom.